The molecule has 0 aromatic heterocycles. The summed E-state index contributed by atoms with van der Waals surface area (Å²) in [5, 5.41) is 2.79. The summed E-state index contributed by atoms with van der Waals surface area (Å²) < 4.78 is 22.7. The van der Waals surface area contributed by atoms with E-state index in [1.807, 2.05) is 30.3 Å². The summed E-state index contributed by atoms with van der Waals surface area (Å²) in [4.78, 5) is 12.2. The van der Waals surface area contributed by atoms with E-state index in [1.54, 1.807) is 0 Å². The van der Waals surface area contributed by atoms with Crippen LogP contribution in [0.4, 0.5) is 0 Å². The Morgan fingerprint density at radius 2 is 2.00 bits per heavy atom. The maximum absolute atomic E-state index is 12.2. The third-order valence-electron chi connectivity index (χ3n) is 3.33. The maximum atomic E-state index is 12.2. The van der Waals surface area contributed by atoms with Gasteiger partial charge in [0.2, 0.25) is 5.91 Å². The van der Waals surface area contributed by atoms with Gasteiger partial charge in [0.05, 0.1) is 17.4 Å². The van der Waals surface area contributed by atoms with Crippen molar-refractivity contribution in [1.29, 1.82) is 0 Å². The number of sulfone groups is 1. The van der Waals surface area contributed by atoms with Crippen molar-refractivity contribution < 1.29 is 13.2 Å². The van der Waals surface area contributed by atoms with Crippen LogP contribution in [0.1, 0.15) is 17.9 Å². The number of amides is 1. The molecule has 2 unspecified atom stereocenters. The smallest absolute Gasteiger partial charge is 0.229 e. The molecule has 0 radical (unpaired) electrons. The number of carbonyl (C=O) groups is 1. The molecule has 1 aliphatic rings. The zero-order valence-electron chi connectivity index (χ0n) is 11.0. The van der Waals surface area contributed by atoms with Crippen LogP contribution >= 0.6 is 12.4 Å². The summed E-state index contributed by atoms with van der Waals surface area (Å²) in [5.41, 5.74) is 6.50. The number of carbonyl (C=O) groups excluding carboxylic acids is 1. The number of hydrogen-bond acceptors (Lipinski definition) is 4. The number of nitrogens with one attached hydrogen (secondary N) is 1. The normalized spacial score (nSPS) is 21.8. The fraction of sp³-hybridized carbons (Fsp3) is 0.462. The molecule has 1 aliphatic heterocycles. The molecule has 1 saturated heterocycles. The first-order valence-corrected chi connectivity index (χ1v) is 8.10. The zero-order chi connectivity index (χ0) is 13.9. The summed E-state index contributed by atoms with van der Waals surface area (Å²) in [7, 11) is -2.98. The average molecular weight is 319 g/mol. The molecule has 5 nitrogen and oxygen atoms in total. The zero-order valence-corrected chi connectivity index (χ0v) is 12.6. The highest BCUT2D eigenvalue weighted by Crippen LogP contribution is 2.17. The van der Waals surface area contributed by atoms with Gasteiger partial charge in [0.25, 0.3) is 0 Å². The van der Waals surface area contributed by atoms with Crippen molar-refractivity contribution in [2.45, 2.75) is 18.4 Å². The Kier molecular flexibility index (Phi) is 5.98. The standard InChI is InChI=1S/C13H18N2O3S.ClH/c14-8-12(10-4-2-1-3-5-10)13(16)15-11-6-7-19(17,18)9-11;/h1-5,11-12H,6-9,14H2,(H,15,16);1H. The van der Waals surface area contributed by atoms with Crippen LogP contribution in [0.3, 0.4) is 0 Å². The van der Waals surface area contributed by atoms with Crippen LogP contribution in [0.25, 0.3) is 0 Å². The molecule has 2 atom stereocenters. The first-order valence-electron chi connectivity index (χ1n) is 6.27. The van der Waals surface area contributed by atoms with Crippen LogP contribution in [0.2, 0.25) is 0 Å². The van der Waals surface area contributed by atoms with Gasteiger partial charge in [-0.2, -0.15) is 0 Å². The van der Waals surface area contributed by atoms with E-state index in [4.69, 9.17) is 5.73 Å². The minimum absolute atomic E-state index is 0. The maximum Gasteiger partial charge on any atom is 0.229 e. The third-order valence-corrected chi connectivity index (χ3v) is 5.10. The second-order valence-corrected chi connectivity index (χ2v) is 7.04. The summed E-state index contributed by atoms with van der Waals surface area (Å²) >= 11 is 0. The SMILES string of the molecule is Cl.NCC(C(=O)NC1CCS(=O)(=O)C1)c1ccccc1. The Morgan fingerprint density at radius 3 is 2.50 bits per heavy atom. The van der Waals surface area contributed by atoms with Gasteiger partial charge in [-0.15, -0.1) is 12.4 Å². The molecule has 0 saturated carbocycles. The van der Waals surface area contributed by atoms with Crippen LogP contribution in [-0.4, -0.2) is 38.4 Å². The molecule has 0 bridgehead atoms. The summed E-state index contributed by atoms with van der Waals surface area (Å²) in [6.07, 6.45) is 0.486. The molecular weight excluding hydrogens is 300 g/mol. The Labute approximate surface area is 125 Å². The Hall–Kier alpha value is -1.11. The molecule has 2 rings (SSSR count). The lowest BCUT2D eigenvalue weighted by atomic mass is 9.98. The monoisotopic (exact) mass is 318 g/mol. The second-order valence-electron chi connectivity index (χ2n) is 4.81. The van der Waals surface area contributed by atoms with Crippen LogP contribution in [0.15, 0.2) is 30.3 Å². The Morgan fingerprint density at radius 1 is 1.35 bits per heavy atom. The fourth-order valence-electron chi connectivity index (χ4n) is 2.29. The molecule has 1 fully saturated rings. The Balaban J connectivity index is 0.00000200. The number of hydrogen-bond donors (Lipinski definition) is 2. The van der Waals surface area contributed by atoms with E-state index in [0.717, 1.165) is 5.56 Å². The van der Waals surface area contributed by atoms with Gasteiger partial charge in [0.15, 0.2) is 9.84 Å². The lowest BCUT2D eigenvalue weighted by Gasteiger charge is -2.18. The van der Waals surface area contributed by atoms with Crippen molar-refractivity contribution >= 4 is 28.2 Å². The lowest BCUT2D eigenvalue weighted by molar-refractivity contribution is -0.122. The predicted molar refractivity (Wildman–Crippen MR) is 80.7 cm³/mol. The molecule has 0 aliphatic carbocycles. The van der Waals surface area contributed by atoms with Crippen molar-refractivity contribution in [1.82, 2.24) is 5.32 Å². The minimum Gasteiger partial charge on any atom is -0.352 e. The highest BCUT2D eigenvalue weighted by Gasteiger charge is 2.30. The van der Waals surface area contributed by atoms with Crippen molar-refractivity contribution in [3.8, 4) is 0 Å². The average Bonchev–Trinajstić information content (AvgIpc) is 2.71. The quantitative estimate of drug-likeness (QED) is 0.843. The molecule has 1 aromatic carbocycles. The van der Waals surface area contributed by atoms with E-state index >= 15 is 0 Å². The molecular formula is C13H19ClN2O3S. The van der Waals surface area contributed by atoms with Gasteiger partial charge in [-0.1, -0.05) is 30.3 Å². The third kappa shape index (κ3) is 4.19. The Bertz CT molecular complexity index is 548. The summed E-state index contributed by atoms with van der Waals surface area (Å²) in [6.45, 7) is 0.204. The van der Waals surface area contributed by atoms with Crippen LogP contribution in [0.5, 0.6) is 0 Å². The second kappa shape index (κ2) is 7.06. The first-order chi connectivity index (χ1) is 9.02. The molecule has 0 spiro atoms. The van der Waals surface area contributed by atoms with Crippen LogP contribution < -0.4 is 11.1 Å². The predicted octanol–water partition coefficient (Wildman–Crippen LogP) is 0.454. The number of rotatable bonds is 4. The molecule has 1 aromatic rings. The number of halogens is 1. The van der Waals surface area contributed by atoms with E-state index in [0.29, 0.717) is 6.42 Å². The topological polar surface area (TPSA) is 89.3 Å². The van der Waals surface area contributed by atoms with Crippen molar-refractivity contribution in [2.24, 2.45) is 5.73 Å². The molecule has 1 amide bonds. The van der Waals surface area contributed by atoms with E-state index in [2.05, 4.69) is 5.32 Å². The van der Waals surface area contributed by atoms with Gasteiger partial charge in [-0.25, -0.2) is 8.42 Å². The van der Waals surface area contributed by atoms with Gasteiger partial charge in [-0.3, -0.25) is 4.79 Å². The molecule has 20 heavy (non-hydrogen) atoms. The van der Waals surface area contributed by atoms with Crippen LogP contribution in [0, 0.1) is 0 Å². The van der Waals surface area contributed by atoms with Gasteiger partial charge < -0.3 is 11.1 Å². The van der Waals surface area contributed by atoms with E-state index in [1.165, 1.54) is 0 Å². The fourth-order valence-corrected chi connectivity index (χ4v) is 3.96. The molecule has 112 valence electrons. The highest BCUT2D eigenvalue weighted by atomic mass is 35.5. The molecule has 1 heterocycles. The largest absolute Gasteiger partial charge is 0.352 e. The number of nitrogens with two attached hydrogens (primary N) is 1. The van der Waals surface area contributed by atoms with E-state index < -0.39 is 15.8 Å². The molecule has 7 heteroatoms. The number of benzene rings is 1. The van der Waals surface area contributed by atoms with Crippen molar-refractivity contribution in [3.63, 3.8) is 0 Å². The van der Waals surface area contributed by atoms with E-state index in [-0.39, 0.29) is 42.4 Å². The van der Waals surface area contributed by atoms with Crippen molar-refractivity contribution in [3.05, 3.63) is 35.9 Å². The lowest BCUT2D eigenvalue weighted by Crippen LogP contribution is -2.40. The summed E-state index contributed by atoms with van der Waals surface area (Å²) in [6, 6.07) is 9.00. The van der Waals surface area contributed by atoms with Gasteiger partial charge in [-0.05, 0) is 12.0 Å². The van der Waals surface area contributed by atoms with Gasteiger partial charge >= 0.3 is 0 Å². The minimum atomic E-state index is -2.98. The first kappa shape index (κ1) is 16.9. The van der Waals surface area contributed by atoms with Gasteiger partial charge in [0.1, 0.15) is 0 Å². The molecule has 3 N–H and O–H groups in total. The highest BCUT2D eigenvalue weighted by molar-refractivity contribution is 7.91. The van der Waals surface area contributed by atoms with Crippen molar-refractivity contribution in [2.75, 3.05) is 18.1 Å². The van der Waals surface area contributed by atoms with E-state index in [9.17, 15) is 13.2 Å². The van der Waals surface area contributed by atoms with Gasteiger partial charge in [0, 0.05) is 12.6 Å². The van der Waals surface area contributed by atoms with Crippen LogP contribution in [-0.2, 0) is 14.6 Å². The summed E-state index contributed by atoms with van der Waals surface area (Å²) in [5.74, 6) is -0.443.